The van der Waals surface area contributed by atoms with E-state index in [2.05, 4.69) is 5.32 Å². The molecular weight excluding hydrogens is 321 g/mol. The molecule has 2 aromatic carbocycles. The predicted octanol–water partition coefficient (Wildman–Crippen LogP) is 4.30. The molecule has 0 radical (unpaired) electrons. The van der Waals surface area contributed by atoms with Crippen LogP contribution in [0.5, 0.6) is 11.5 Å². The van der Waals surface area contributed by atoms with Gasteiger partial charge in [-0.1, -0.05) is 11.6 Å². The number of carbonyl (C=O) groups excluding carboxylic acids is 1. The second-order valence-corrected chi connectivity index (χ2v) is 4.95. The van der Waals surface area contributed by atoms with Crippen LogP contribution in [0.4, 0.5) is 10.1 Å². The van der Waals surface area contributed by atoms with Gasteiger partial charge >= 0.3 is 0 Å². The summed E-state index contributed by atoms with van der Waals surface area (Å²) in [4.78, 5) is 12.1. The number of hydrogen-bond acceptors (Lipinski definition) is 4. The first kappa shape index (κ1) is 16.8. The van der Waals surface area contributed by atoms with Crippen molar-refractivity contribution in [1.29, 1.82) is 0 Å². The normalized spacial score (nSPS) is 10.6. The zero-order valence-electron chi connectivity index (χ0n) is 12.6. The lowest BCUT2D eigenvalue weighted by Gasteiger charge is -2.08. The van der Waals surface area contributed by atoms with Crippen molar-refractivity contribution in [2.24, 2.45) is 0 Å². The van der Waals surface area contributed by atoms with Gasteiger partial charge in [-0.05, 0) is 36.4 Å². The fourth-order valence-corrected chi connectivity index (χ4v) is 2.07. The van der Waals surface area contributed by atoms with E-state index in [0.717, 1.165) is 0 Å². The summed E-state index contributed by atoms with van der Waals surface area (Å²) in [6.45, 7) is 0. The maximum atomic E-state index is 13.0. The van der Waals surface area contributed by atoms with Gasteiger partial charge in [0, 0.05) is 23.5 Å². The summed E-state index contributed by atoms with van der Waals surface area (Å²) in [5.41, 5.74) is 1.03. The quantitative estimate of drug-likeness (QED) is 0.631. The summed E-state index contributed by atoms with van der Waals surface area (Å²) in [6.07, 6.45) is 2.82. The number of ether oxygens (including phenoxy) is 2. The van der Waals surface area contributed by atoms with Crippen LogP contribution in [0.15, 0.2) is 48.7 Å². The monoisotopic (exact) mass is 335 g/mol. The molecular formula is C17H15ClFNO3. The zero-order valence-corrected chi connectivity index (χ0v) is 13.4. The highest BCUT2D eigenvalue weighted by Crippen LogP contribution is 2.27. The molecule has 0 bridgehead atoms. The SMILES string of the molecule is COc1ccc(C(=O)/C=C/Nc2ccc(F)c(Cl)c2)cc1OC. The molecule has 6 heteroatoms. The molecule has 0 aliphatic rings. The number of ketones is 1. The van der Waals surface area contributed by atoms with Gasteiger partial charge in [-0.2, -0.15) is 0 Å². The minimum atomic E-state index is -0.498. The Balaban J connectivity index is 2.07. The van der Waals surface area contributed by atoms with E-state index in [1.54, 1.807) is 18.2 Å². The number of rotatable bonds is 6. The third-order valence-electron chi connectivity index (χ3n) is 3.07. The topological polar surface area (TPSA) is 47.6 Å². The predicted molar refractivity (Wildman–Crippen MR) is 88.0 cm³/mol. The van der Waals surface area contributed by atoms with E-state index in [-0.39, 0.29) is 10.8 Å². The number of halogens is 2. The molecule has 0 saturated carbocycles. The minimum Gasteiger partial charge on any atom is -0.493 e. The molecule has 0 heterocycles. The van der Waals surface area contributed by atoms with E-state index in [0.29, 0.717) is 22.7 Å². The highest BCUT2D eigenvalue weighted by atomic mass is 35.5. The van der Waals surface area contributed by atoms with Crippen LogP contribution in [-0.2, 0) is 0 Å². The molecule has 0 aliphatic carbocycles. The Bertz CT molecular complexity index is 747. The van der Waals surface area contributed by atoms with Gasteiger partial charge in [0.05, 0.1) is 19.2 Å². The largest absolute Gasteiger partial charge is 0.493 e. The average Bonchev–Trinajstić information content (AvgIpc) is 2.57. The summed E-state index contributed by atoms with van der Waals surface area (Å²) < 4.78 is 23.3. The zero-order chi connectivity index (χ0) is 16.8. The van der Waals surface area contributed by atoms with Gasteiger partial charge < -0.3 is 14.8 Å². The molecule has 2 rings (SSSR count). The van der Waals surface area contributed by atoms with Gasteiger partial charge in [-0.25, -0.2) is 4.39 Å². The summed E-state index contributed by atoms with van der Waals surface area (Å²) in [5.74, 6) is 0.311. The van der Waals surface area contributed by atoms with Crippen LogP contribution in [0.3, 0.4) is 0 Å². The molecule has 0 aliphatic heterocycles. The number of nitrogens with one attached hydrogen (secondary N) is 1. The highest BCUT2D eigenvalue weighted by molar-refractivity contribution is 6.31. The first-order chi connectivity index (χ1) is 11.0. The molecule has 4 nitrogen and oxygen atoms in total. The van der Waals surface area contributed by atoms with Crippen LogP contribution in [0.2, 0.25) is 5.02 Å². The van der Waals surface area contributed by atoms with Gasteiger partial charge in [-0.3, -0.25) is 4.79 Å². The van der Waals surface area contributed by atoms with Crippen LogP contribution in [0.1, 0.15) is 10.4 Å². The number of anilines is 1. The van der Waals surface area contributed by atoms with Gasteiger partial charge in [0.1, 0.15) is 5.82 Å². The molecule has 2 aromatic rings. The fraction of sp³-hybridized carbons (Fsp3) is 0.118. The molecule has 0 atom stereocenters. The first-order valence-electron chi connectivity index (χ1n) is 6.69. The number of allylic oxidation sites excluding steroid dienone is 1. The van der Waals surface area contributed by atoms with Crippen molar-refractivity contribution in [3.8, 4) is 11.5 Å². The number of methoxy groups -OCH3 is 2. The Morgan fingerprint density at radius 2 is 1.87 bits per heavy atom. The van der Waals surface area contributed by atoms with Crippen molar-refractivity contribution < 1.29 is 18.7 Å². The number of benzene rings is 2. The van der Waals surface area contributed by atoms with Gasteiger partial charge in [-0.15, -0.1) is 0 Å². The van der Waals surface area contributed by atoms with E-state index in [1.165, 1.54) is 44.7 Å². The summed E-state index contributed by atoms with van der Waals surface area (Å²) >= 11 is 5.68. The van der Waals surface area contributed by atoms with E-state index < -0.39 is 5.82 Å². The molecule has 0 aromatic heterocycles. The second kappa shape index (κ2) is 7.65. The Morgan fingerprint density at radius 3 is 2.52 bits per heavy atom. The summed E-state index contributed by atoms with van der Waals surface area (Å²) in [7, 11) is 3.03. The maximum Gasteiger partial charge on any atom is 0.187 e. The minimum absolute atomic E-state index is 0.00890. The van der Waals surface area contributed by atoms with E-state index in [1.807, 2.05) is 0 Å². The van der Waals surface area contributed by atoms with Crippen LogP contribution < -0.4 is 14.8 Å². The average molecular weight is 336 g/mol. The second-order valence-electron chi connectivity index (χ2n) is 4.54. The third-order valence-corrected chi connectivity index (χ3v) is 3.36. The number of hydrogen-bond donors (Lipinski definition) is 1. The maximum absolute atomic E-state index is 13.0. The van der Waals surface area contributed by atoms with Crippen molar-refractivity contribution in [2.45, 2.75) is 0 Å². The van der Waals surface area contributed by atoms with E-state index in [9.17, 15) is 9.18 Å². The molecule has 0 saturated heterocycles. The van der Waals surface area contributed by atoms with Crippen molar-refractivity contribution in [3.63, 3.8) is 0 Å². The van der Waals surface area contributed by atoms with Crippen molar-refractivity contribution >= 4 is 23.1 Å². The van der Waals surface area contributed by atoms with Crippen LogP contribution >= 0.6 is 11.6 Å². The van der Waals surface area contributed by atoms with E-state index >= 15 is 0 Å². The fourth-order valence-electron chi connectivity index (χ4n) is 1.89. The third kappa shape index (κ3) is 4.23. The summed E-state index contributed by atoms with van der Waals surface area (Å²) in [5, 5.41) is 2.86. The van der Waals surface area contributed by atoms with Crippen LogP contribution in [-0.4, -0.2) is 20.0 Å². The molecule has 0 spiro atoms. The van der Waals surface area contributed by atoms with Gasteiger partial charge in [0.2, 0.25) is 0 Å². The molecule has 120 valence electrons. The Hall–Kier alpha value is -2.53. The molecule has 0 unspecified atom stereocenters. The molecule has 23 heavy (non-hydrogen) atoms. The molecule has 0 fully saturated rings. The van der Waals surface area contributed by atoms with Crippen molar-refractivity contribution in [2.75, 3.05) is 19.5 Å². The van der Waals surface area contributed by atoms with Gasteiger partial charge in [0.25, 0.3) is 0 Å². The smallest absolute Gasteiger partial charge is 0.187 e. The van der Waals surface area contributed by atoms with Crippen molar-refractivity contribution in [3.05, 3.63) is 65.1 Å². The lowest BCUT2D eigenvalue weighted by atomic mass is 10.1. The first-order valence-corrected chi connectivity index (χ1v) is 7.07. The highest BCUT2D eigenvalue weighted by Gasteiger charge is 2.08. The lowest BCUT2D eigenvalue weighted by molar-refractivity contribution is 0.104. The Kier molecular flexibility index (Phi) is 5.60. The Morgan fingerprint density at radius 1 is 1.13 bits per heavy atom. The molecule has 0 amide bonds. The van der Waals surface area contributed by atoms with Crippen molar-refractivity contribution in [1.82, 2.24) is 0 Å². The molecule has 1 N–H and O–H groups in total. The lowest BCUT2D eigenvalue weighted by Crippen LogP contribution is -1.98. The van der Waals surface area contributed by atoms with Crippen LogP contribution in [0.25, 0.3) is 0 Å². The summed E-state index contributed by atoms with van der Waals surface area (Å²) in [6, 6.07) is 9.10. The standard InChI is InChI=1S/C17H15ClFNO3/c1-22-16-6-3-11(9-17(16)23-2)15(21)7-8-20-12-4-5-14(19)13(18)10-12/h3-10,20H,1-2H3/b8-7+. The number of carbonyl (C=O) groups is 1. The van der Waals surface area contributed by atoms with E-state index in [4.69, 9.17) is 21.1 Å². The van der Waals surface area contributed by atoms with Crippen LogP contribution in [0, 0.1) is 5.82 Å². The van der Waals surface area contributed by atoms with Gasteiger partial charge in [0.15, 0.2) is 17.3 Å². The Labute approximate surface area is 138 Å².